The third-order valence-corrected chi connectivity index (χ3v) is 6.91. The Kier molecular flexibility index (Phi) is 6.98. The Balaban J connectivity index is 1.16. The van der Waals surface area contributed by atoms with Crippen LogP contribution in [0.2, 0.25) is 0 Å². The van der Waals surface area contributed by atoms with Gasteiger partial charge in [-0.1, -0.05) is 37.1 Å². The zero-order valence-corrected chi connectivity index (χ0v) is 20.0. The van der Waals surface area contributed by atoms with Crippen molar-refractivity contribution in [2.45, 2.75) is 38.6 Å². The summed E-state index contributed by atoms with van der Waals surface area (Å²) in [5.41, 5.74) is 5.95. The lowest BCUT2D eigenvalue weighted by Crippen LogP contribution is -2.35. The second-order valence-electron chi connectivity index (χ2n) is 9.35. The number of carbonyl (C=O) groups is 2. The van der Waals surface area contributed by atoms with Gasteiger partial charge in [0, 0.05) is 48.8 Å². The molecule has 0 unspecified atom stereocenters. The molecule has 0 bridgehead atoms. The normalized spacial score (nSPS) is 15.7. The Morgan fingerprint density at radius 2 is 1.29 bits per heavy atom. The Morgan fingerprint density at radius 3 is 1.97 bits per heavy atom. The maximum absolute atomic E-state index is 12.8. The van der Waals surface area contributed by atoms with Crippen molar-refractivity contribution in [3.8, 4) is 0 Å². The van der Waals surface area contributed by atoms with Gasteiger partial charge >= 0.3 is 6.03 Å². The zero-order valence-electron chi connectivity index (χ0n) is 20.0. The summed E-state index contributed by atoms with van der Waals surface area (Å²) in [6.45, 7) is 3.49. The molecule has 3 aromatic carbocycles. The number of hydrogen-bond donors (Lipinski definition) is 2. The molecule has 1 saturated heterocycles. The van der Waals surface area contributed by atoms with Crippen LogP contribution in [0.1, 0.15) is 47.2 Å². The van der Waals surface area contributed by atoms with E-state index in [1.807, 2.05) is 53.4 Å². The molecule has 0 aromatic heterocycles. The number of nitrogens with zero attached hydrogens (tertiary/aromatic N) is 2. The number of hydrogen-bond acceptors (Lipinski definition) is 3. The molecule has 1 fully saturated rings. The first-order chi connectivity index (χ1) is 17.2. The molecular formula is C29H32N4O2. The molecule has 0 atom stereocenters. The molecule has 3 amide bonds. The monoisotopic (exact) mass is 468 g/mol. The van der Waals surface area contributed by atoms with E-state index in [9.17, 15) is 9.59 Å². The fraction of sp³-hybridized carbons (Fsp3) is 0.310. The van der Waals surface area contributed by atoms with E-state index in [2.05, 4.69) is 39.8 Å². The van der Waals surface area contributed by atoms with Gasteiger partial charge < -0.3 is 20.4 Å². The topological polar surface area (TPSA) is 64.7 Å². The van der Waals surface area contributed by atoms with Gasteiger partial charge in [0.25, 0.3) is 5.91 Å². The van der Waals surface area contributed by atoms with E-state index in [1.165, 1.54) is 24.0 Å². The summed E-state index contributed by atoms with van der Waals surface area (Å²) in [6.07, 6.45) is 5.53. The van der Waals surface area contributed by atoms with Gasteiger partial charge in [0.05, 0.1) is 0 Å². The summed E-state index contributed by atoms with van der Waals surface area (Å²) in [5.74, 6) is -0.151. The van der Waals surface area contributed by atoms with E-state index in [1.54, 1.807) is 0 Å². The summed E-state index contributed by atoms with van der Waals surface area (Å²) < 4.78 is 0. The Morgan fingerprint density at radius 1 is 0.657 bits per heavy atom. The largest absolute Gasteiger partial charge is 0.367 e. The number of carbonyl (C=O) groups excluding carboxylic acids is 2. The minimum atomic E-state index is -0.151. The molecule has 35 heavy (non-hydrogen) atoms. The van der Waals surface area contributed by atoms with Gasteiger partial charge in [-0.3, -0.25) is 4.79 Å². The van der Waals surface area contributed by atoms with Crippen LogP contribution in [-0.4, -0.2) is 36.5 Å². The molecule has 2 heterocycles. The third kappa shape index (κ3) is 5.65. The van der Waals surface area contributed by atoms with E-state index >= 15 is 0 Å². The maximum atomic E-state index is 12.8. The molecule has 5 rings (SSSR count). The number of nitrogens with one attached hydrogen (secondary N) is 2. The van der Waals surface area contributed by atoms with Gasteiger partial charge in [-0.15, -0.1) is 0 Å². The standard InChI is InChI=1S/C29H32N4O2/c34-28(23-9-15-27(16-10-23)33-20-17-22-7-3-4-8-24(22)21-33)30-25-11-13-26(14-12-25)31-29(35)32-18-5-1-2-6-19-32/h3-4,7-16H,1-2,5-6,17-21H2,(H,30,34)(H,31,35). The van der Waals surface area contributed by atoms with Crippen LogP contribution in [0.5, 0.6) is 0 Å². The van der Waals surface area contributed by atoms with Gasteiger partial charge in [0.15, 0.2) is 0 Å². The number of benzene rings is 3. The molecular weight excluding hydrogens is 436 g/mol. The summed E-state index contributed by atoms with van der Waals surface area (Å²) in [4.78, 5) is 29.5. The molecule has 0 aliphatic carbocycles. The molecule has 2 N–H and O–H groups in total. The van der Waals surface area contributed by atoms with Crippen LogP contribution in [0.4, 0.5) is 21.9 Å². The average Bonchev–Trinajstić information content (AvgIpc) is 3.19. The van der Waals surface area contributed by atoms with Crippen LogP contribution >= 0.6 is 0 Å². The number of amides is 3. The quantitative estimate of drug-likeness (QED) is 0.500. The first-order valence-electron chi connectivity index (χ1n) is 12.5. The SMILES string of the molecule is O=C(Nc1ccc(NC(=O)N2CCCCCC2)cc1)c1ccc(N2CCc3ccccc3C2)cc1. The van der Waals surface area contributed by atoms with Crippen molar-refractivity contribution in [2.24, 2.45) is 0 Å². The highest BCUT2D eigenvalue weighted by Crippen LogP contribution is 2.25. The summed E-state index contributed by atoms with van der Waals surface area (Å²) in [6, 6.07) is 23.6. The highest BCUT2D eigenvalue weighted by atomic mass is 16.2. The molecule has 6 nitrogen and oxygen atoms in total. The van der Waals surface area contributed by atoms with Crippen molar-refractivity contribution in [2.75, 3.05) is 35.2 Å². The second-order valence-corrected chi connectivity index (χ2v) is 9.35. The van der Waals surface area contributed by atoms with Crippen LogP contribution in [-0.2, 0) is 13.0 Å². The number of anilines is 3. The fourth-order valence-corrected chi connectivity index (χ4v) is 4.86. The van der Waals surface area contributed by atoms with Gasteiger partial charge in [-0.05, 0) is 78.9 Å². The first-order valence-corrected chi connectivity index (χ1v) is 12.5. The molecule has 6 heteroatoms. The van der Waals surface area contributed by atoms with Crippen molar-refractivity contribution >= 4 is 29.0 Å². The van der Waals surface area contributed by atoms with Crippen molar-refractivity contribution in [1.29, 1.82) is 0 Å². The Bertz CT molecular complexity index is 1170. The van der Waals surface area contributed by atoms with Crippen LogP contribution in [0.3, 0.4) is 0 Å². The molecule has 2 aliphatic rings. The lowest BCUT2D eigenvalue weighted by molar-refractivity contribution is 0.102. The van der Waals surface area contributed by atoms with Gasteiger partial charge in [0.1, 0.15) is 0 Å². The predicted molar refractivity (Wildman–Crippen MR) is 141 cm³/mol. The van der Waals surface area contributed by atoms with Gasteiger partial charge in [-0.2, -0.15) is 0 Å². The van der Waals surface area contributed by atoms with E-state index in [-0.39, 0.29) is 11.9 Å². The van der Waals surface area contributed by atoms with E-state index < -0.39 is 0 Å². The highest BCUT2D eigenvalue weighted by Gasteiger charge is 2.17. The van der Waals surface area contributed by atoms with Gasteiger partial charge in [-0.25, -0.2) is 4.79 Å². The van der Waals surface area contributed by atoms with Crippen LogP contribution in [0.15, 0.2) is 72.8 Å². The summed E-state index contributed by atoms with van der Waals surface area (Å²) in [7, 11) is 0. The van der Waals surface area contributed by atoms with Crippen LogP contribution < -0.4 is 15.5 Å². The number of urea groups is 1. The fourth-order valence-electron chi connectivity index (χ4n) is 4.86. The summed E-state index contributed by atoms with van der Waals surface area (Å²) in [5, 5.41) is 5.91. The Hall–Kier alpha value is -3.80. The Labute approximate surface area is 206 Å². The zero-order chi connectivity index (χ0) is 24.0. The van der Waals surface area contributed by atoms with Crippen molar-refractivity contribution in [3.05, 3.63) is 89.5 Å². The summed E-state index contributed by atoms with van der Waals surface area (Å²) >= 11 is 0. The number of rotatable bonds is 4. The molecule has 0 radical (unpaired) electrons. The van der Waals surface area contributed by atoms with Crippen LogP contribution in [0.25, 0.3) is 0 Å². The van der Waals surface area contributed by atoms with E-state index in [0.29, 0.717) is 11.3 Å². The average molecular weight is 469 g/mol. The number of likely N-dealkylation sites (tertiary alicyclic amines) is 1. The predicted octanol–water partition coefficient (Wildman–Crippen LogP) is 5.91. The van der Waals surface area contributed by atoms with Crippen LogP contribution in [0, 0.1) is 0 Å². The van der Waals surface area contributed by atoms with Crippen molar-refractivity contribution in [1.82, 2.24) is 4.90 Å². The molecule has 3 aromatic rings. The van der Waals surface area contributed by atoms with Gasteiger partial charge in [0.2, 0.25) is 0 Å². The minimum Gasteiger partial charge on any atom is -0.367 e. The third-order valence-electron chi connectivity index (χ3n) is 6.91. The lowest BCUT2D eigenvalue weighted by atomic mass is 9.99. The lowest BCUT2D eigenvalue weighted by Gasteiger charge is -2.30. The maximum Gasteiger partial charge on any atom is 0.321 e. The minimum absolute atomic E-state index is 0.0547. The highest BCUT2D eigenvalue weighted by molar-refractivity contribution is 6.04. The van der Waals surface area contributed by atoms with Crippen molar-refractivity contribution < 1.29 is 9.59 Å². The molecule has 0 saturated carbocycles. The number of fused-ring (bicyclic) bond motifs is 1. The van der Waals surface area contributed by atoms with Crippen molar-refractivity contribution in [3.63, 3.8) is 0 Å². The first kappa shape index (κ1) is 23.0. The molecule has 180 valence electrons. The second kappa shape index (κ2) is 10.6. The smallest absolute Gasteiger partial charge is 0.321 e. The van der Waals surface area contributed by atoms with E-state index in [0.717, 1.165) is 56.8 Å². The van der Waals surface area contributed by atoms with E-state index in [4.69, 9.17) is 0 Å². The molecule has 2 aliphatic heterocycles. The molecule has 0 spiro atoms.